The van der Waals surface area contributed by atoms with Gasteiger partial charge in [0.1, 0.15) is 13.2 Å². The number of hydrogen-bond donors (Lipinski definition) is 1. The third-order valence-electron chi connectivity index (χ3n) is 3.79. The minimum atomic E-state index is -0.317. The van der Waals surface area contributed by atoms with E-state index in [2.05, 4.69) is 10.3 Å². The van der Waals surface area contributed by atoms with Crippen molar-refractivity contribution in [2.45, 2.75) is 13.1 Å². The molecule has 0 spiro atoms. The van der Waals surface area contributed by atoms with Crippen LogP contribution in [0, 0.1) is 0 Å². The van der Waals surface area contributed by atoms with Gasteiger partial charge in [0.05, 0.1) is 17.6 Å². The minimum Gasteiger partial charge on any atom is -0.462 e. The van der Waals surface area contributed by atoms with Gasteiger partial charge in [-0.05, 0) is 17.7 Å². The molecule has 0 aliphatic carbocycles. The summed E-state index contributed by atoms with van der Waals surface area (Å²) in [5.41, 5.74) is 2.87. The predicted octanol–water partition coefficient (Wildman–Crippen LogP) is 2.84. The Balaban J connectivity index is 1.78. The first-order chi connectivity index (χ1) is 12.3. The van der Waals surface area contributed by atoms with Gasteiger partial charge in [-0.2, -0.15) is 0 Å². The van der Waals surface area contributed by atoms with Crippen LogP contribution in [-0.4, -0.2) is 35.8 Å². The molecule has 1 heterocycles. The fourth-order valence-electron chi connectivity index (χ4n) is 2.56. The Hall–Kier alpha value is -2.86. The fraction of sp³-hybridized carbons (Fsp3) is 0.263. The summed E-state index contributed by atoms with van der Waals surface area (Å²) in [6.45, 7) is 1.36. The van der Waals surface area contributed by atoms with Crippen LogP contribution in [0.15, 0.2) is 54.6 Å². The van der Waals surface area contributed by atoms with Crippen LogP contribution >= 0.6 is 0 Å². The summed E-state index contributed by atoms with van der Waals surface area (Å²) in [5.74, 6) is 0.330. The molecule has 1 aromatic heterocycles. The number of nitrogens with zero attached hydrogens (tertiary/aromatic N) is 2. The third-order valence-corrected chi connectivity index (χ3v) is 3.79. The van der Waals surface area contributed by atoms with Gasteiger partial charge in [-0.1, -0.05) is 42.5 Å². The molecule has 6 nitrogen and oxygen atoms in total. The molecule has 6 heteroatoms. The lowest BCUT2D eigenvalue weighted by Gasteiger charge is -2.11. The lowest BCUT2D eigenvalue weighted by Crippen LogP contribution is -2.18. The molecule has 0 aliphatic heterocycles. The summed E-state index contributed by atoms with van der Waals surface area (Å²) in [7, 11) is 1.57. The molecule has 0 radical (unpaired) electrons. The quantitative estimate of drug-likeness (QED) is 0.505. The molecular weight excluding hydrogens is 318 g/mol. The maximum atomic E-state index is 12.1. The number of ether oxygens (including phenoxy) is 2. The lowest BCUT2D eigenvalue weighted by atomic mass is 10.2. The number of anilines is 1. The van der Waals surface area contributed by atoms with E-state index in [9.17, 15) is 4.79 Å². The monoisotopic (exact) mass is 339 g/mol. The number of para-hydroxylation sites is 2. The highest BCUT2D eigenvalue weighted by Crippen LogP contribution is 2.20. The van der Waals surface area contributed by atoms with E-state index in [1.807, 2.05) is 59.2 Å². The topological polar surface area (TPSA) is 65.4 Å². The molecule has 1 N–H and O–H groups in total. The molecule has 2 aromatic carbocycles. The molecule has 3 aromatic rings. The van der Waals surface area contributed by atoms with E-state index in [0.29, 0.717) is 19.1 Å². The van der Waals surface area contributed by atoms with Crippen molar-refractivity contribution < 1.29 is 14.3 Å². The highest BCUT2D eigenvalue weighted by molar-refractivity contribution is 5.81. The Bertz CT molecular complexity index is 830. The smallest absolute Gasteiger partial charge is 0.326 e. The Morgan fingerprint density at radius 2 is 1.84 bits per heavy atom. The van der Waals surface area contributed by atoms with E-state index >= 15 is 0 Å². The SMILES string of the molecule is COCCOC(=O)Cn1c(NCc2ccccc2)nc2ccccc21. The van der Waals surface area contributed by atoms with Crippen LogP contribution in [0.5, 0.6) is 0 Å². The Labute approximate surface area is 146 Å². The molecule has 0 aliphatic rings. The lowest BCUT2D eigenvalue weighted by molar-refractivity contribution is -0.145. The van der Waals surface area contributed by atoms with Crippen LogP contribution in [0.1, 0.15) is 5.56 Å². The van der Waals surface area contributed by atoms with Gasteiger partial charge < -0.3 is 14.8 Å². The third kappa shape index (κ3) is 4.36. The molecule has 0 bridgehead atoms. The van der Waals surface area contributed by atoms with E-state index in [1.54, 1.807) is 7.11 Å². The highest BCUT2D eigenvalue weighted by atomic mass is 16.6. The van der Waals surface area contributed by atoms with E-state index in [4.69, 9.17) is 9.47 Å². The van der Waals surface area contributed by atoms with Crippen molar-refractivity contribution in [2.75, 3.05) is 25.6 Å². The summed E-state index contributed by atoms with van der Waals surface area (Å²) in [6.07, 6.45) is 0. The van der Waals surface area contributed by atoms with Gasteiger partial charge in [-0.3, -0.25) is 9.36 Å². The van der Waals surface area contributed by atoms with Gasteiger partial charge in [-0.25, -0.2) is 4.98 Å². The van der Waals surface area contributed by atoms with Crippen LogP contribution in [-0.2, 0) is 27.4 Å². The van der Waals surface area contributed by atoms with E-state index in [-0.39, 0.29) is 19.1 Å². The molecule has 0 unspecified atom stereocenters. The van der Waals surface area contributed by atoms with Crippen LogP contribution < -0.4 is 5.32 Å². The van der Waals surface area contributed by atoms with Gasteiger partial charge in [0, 0.05) is 13.7 Å². The maximum Gasteiger partial charge on any atom is 0.326 e. The summed E-state index contributed by atoms with van der Waals surface area (Å²) in [4.78, 5) is 16.7. The second-order valence-corrected chi connectivity index (χ2v) is 5.56. The van der Waals surface area contributed by atoms with Crippen molar-refractivity contribution in [2.24, 2.45) is 0 Å². The van der Waals surface area contributed by atoms with Crippen molar-refractivity contribution in [1.29, 1.82) is 0 Å². The normalized spacial score (nSPS) is 10.8. The Morgan fingerprint density at radius 1 is 1.08 bits per heavy atom. The molecule has 0 fully saturated rings. The van der Waals surface area contributed by atoms with E-state index in [0.717, 1.165) is 16.6 Å². The Kier molecular flexibility index (Phi) is 5.64. The zero-order valence-corrected chi connectivity index (χ0v) is 14.1. The summed E-state index contributed by atoms with van der Waals surface area (Å²) < 4.78 is 11.9. The van der Waals surface area contributed by atoms with Crippen LogP contribution in [0.2, 0.25) is 0 Å². The first-order valence-corrected chi connectivity index (χ1v) is 8.15. The van der Waals surface area contributed by atoms with Crippen molar-refractivity contribution in [3.63, 3.8) is 0 Å². The van der Waals surface area contributed by atoms with Gasteiger partial charge in [-0.15, -0.1) is 0 Å². The molecule has 0 atom stereocenters. The first kappa shape index (κ1) is 17.0. The second kappa shape index (κ2) is 8.30. The van der Waals surface area contributed by atoms with Crippen molar-refractivity contribution in [3.05, 3.63) is 60.2 Å². The number of aromatic nitrogens is 2. The highest BCUT2D eigenvalue weighted by Gasteiger charge is 2.14. The number of benzene rings is 2. The van der Waals surface area contributed by atoms with Gasteiger partial charge in [0.15, 0.2) is 0 Å². The number of hydrogen-bond acceptors (Lipinski definition) is 5. The van der Waals surface area contributed by atoms with Gasteiger partial charge in [0.2, 0.25) is 5.95 Å². The molecule has 0 amide bonds. The molecular formula is C19H21N3O3. The first-order valence-electron chi connectivity index (χ1n) is 8.15. The second-order valence-electron chi connectivity index (χ2n) is 5.56. The van der Waals surface area contributed by atoms with Gasteiger partial charge in [0.25, 0.3) is 0 Å². The predicted molar refractivity (Wildman–Crippen MR) is 96.3 cm³/mol. The number of imidazole rings is 1. The van der Waals surface area contributed by atoms with Crippen LogP contribution in [0.3, 0.4) is 0 Å². The van der Waals surface area contributed by atoms with Gasteiger partial charge >= 0.3 is 5.97 Å². The number of fused-ring (bicyclic) bond motifs is 1. The summed E-state index contributed by atoms with van der Waals surface area (Å²) >= 11 is 0. The number of carbonyl (C=O) groups excluding carboxylic acids is 1. The average Bonchev–Trinajstić information content (AvgIpc) is 2.99. The molecule has 3 rings (SSSR count). The minimum absolute atomic E-state index is 0.0986. The summed E-state index contributed by atoms with van der Waals surface area (Å²) in [6, 6.07) is 17.8. The zero-order valence-electron chi connectivity index (χ0n) is 14.1. The Morgan fingerprint density at radius 3 is 2.64 bits per heavy atom. The maximum absolute atomic E-state index is 12.1. The number of carbonyl (C=O) groups is 1. The molecule has 25 heavy (non-hydrogen) atoms. The fourth-order valence-corrected chi connectivity index (χ4v) is 2.56. The average molecular weight is 339 g/mol. The molecule has 0 saturated heterocycles. The van der Waals surface area contributed by atoms with Crippen molar-refractivity contribution in [1.82, 2.24) is 9.55 Å². The standard InChI is InChI=1S/C19H21N3O3/c1-24-11-12-25-18(23)14-22-17-10-6-5-9-16(17)21-19(22)20-13-15-7-3-2-4-8-15/h2-10H,11-14H2,1H3,(H,20,21). The number of nitrogens with one attached hydrogen (secondary N) is 1. The van der Waals surface area contributed by atoms with Crippen LogP contribution in [0.4, 0.5) is 5.95 Å². The molecule has 130 valence electrons. The largest absolute Gasteiger partial charge is 0.462 e. The zero-order chi connectivity index (χ0) is 17.5. The van der Waals surface area contributed by atoms with Crippen molar-refractivity contribution >= 4 is 23.0 Å². The van der Waals surface area contributed by atoms with E-state index in [1.165, 1.54) is 0 Å². The van der Waals surface area contributed by atoms with Crippen LogP contribution in [0.25, 0.3) is 11.0 Å². The van der Waals surface area contributed by atoms with E-state index < -0.39 is 0 Å². The number of rotatable bonds is 8. The summed E-state index contributed by atoms with van der Waals surface area (Å²) in [5, 5.41) is 3.31. The molecule has 0 saturated carbocycles. The number of esters is 1. The number of methoxy groups -OCH3 is 1. The van der Waals surface area contributed by atoms with Crippen molar-refractivity contribution in [3.8, 4) is 0 Å².